The summed E-state index contributed by atoms with van der Waals surface area (Å²) in [7, 11) is 2.48. The van der Waals surface area contributed by atoms with Crippen LogP contribution in [0, 0.1) is 17.8 Å². The van der Waals surface area contributed by atoms with E-state index in [9.17, 15) is 18.0 Å². The van der Waals surface area contributed by atoms with Crippen molar-refractivity contribution < 1.29 is 27.4 Å². The van der Waals surface area contributed by atoms with Crippen molar-refractivity contribution in [2.24, 2.45) is 5.92 Å². The highest BCUT2D eigenvalue weighted by atomic mass is 35.5. The van der Waals surface area contributed by atoms with E-state index < -0.39 is 11.8 Å². The maximum Gasteiger partial charge on any atom is 0.433 e. The van der Waals surface area contributed by atoms with Crippen molar-refractivity contribution in [1.82, 2.24) is 0 Å². The summed E-state index contributed by atoms with van der Waals surface area (Å²) in [5, 5.41) is 0.0768. The van der Waals surface area contributed by atoms with Crippen molar-refractivity contribution in [2.45, 2.75) is 45.0 Å². The molecule has 1 aliphatic carbocycles. The number of anilines is 1. The Morgan fingerprint density at radius 2 is 1.76 bits per heavy atom. The number of amides is 1. The van der Waals surface area contributed by atoms with Crippen LogP contribution in [0.25, 0.3) is 0 Å². The minimum Gasteiger partial charge on any atom is -0.497 e. The van der Waals surface area contributed by atoms with E-state index in [0.29, 0.717) is 17.7 Å². The molecule has 3 rings (SSSR count). The number of hydrogen-bond donors (Lipinski definition) is 0. The fourth-order valence-corrected chi connectivity index (χ4v) is 3.32. The summed E-state index contributed by atoms with van der Waals surface area (Å²) in [6.45, 7) is 4.04. The molecule has 0 aromatic heterocycles. The highest BCUT2D eigenvalue weighted by Crippen LogP contribution is 2.46. The predicted octanol–water partition coefficient (Wildman–Crippen LogP) is 6.36. The zero-order valence-electron chi connectivity index (χ0n) is 19.0. The number of carbonyl (C=O) groups excluding carboxylic acids is 1. The first kappa shape index (κ1) is 26.6. The van der Waals surface area contributed by atoms with Crippen LogP contribution in [0.15, 0.2) is 42.5 Å². The topological polar surface area (TPSA) is 38.8 Å². The van der Waals surface area contributed by atoms with Gasteiger partial charge in [0.05, 0.1) is 19.3 Å². The fraction of sp³-hybridized carbons (Fsp3) is 0.400. The summed E-state index contributed by atoms with van der Waals surface area (Å²) >= 11 is 6.05. The molecule has 0 N–H and O–H groups in total. The molecule has 4 nitrogen and oxygen atoms in total. The number of ether oxygens (including phenoxy) is 2. The van der Waals surface area contributed by atoms with Gasteiger partial charge in [-0.05, 0) is 48.7 Å². The van der Waals surface area contributed by atoms with E-state index >= 15 is 0 Å². The van der Waals surface area contributed by atoms with Crippen molar-refractivity contribution >= 4 is 23.7 Å². The normalized spacial score (nSPS) is 14.7. The van der Waals surface area contributed by atoms with Gasteiger partial charge in [-0.15, -0.1) is 0 Å². The van der Waals surface area contributed by atoms with Gasteiger partial charge in [-0.2, -0.15) is 13.2 Å². The lowest BCUT2D eigenvalue weighted by molar-refractivity contribution is -0.250. The second kappa shape index (κ2) is 11.4. The van der Waals surface area contributed by atoms with E-state index in [1.54, 1.807) is 24.3 Å². The van der Waals surface area contributed by atoms with Crippen LogP contribution in [0.5, 0.6) is 5.75 Å². The number of nitrogens with zero attached hydrogens (tertiary/aromatic N) is 1. The van der Waals surface area contributed by atoms with Crippen LogP contribution in [0.4, 0.5) is 18.9 Å². The van der Waals surface area contributed by atoms with E-state index in [4.69, 9.17) is 21.1 Å². The van der Waals surface area contributed by atoms with Gasteiger partial charge < -0.3 is 14.4 Å². The van der Waals surface area contributed by atoms with E-state index in [0.717, 1.165) is 26.0 Å². The van der Waals surface area contributed by atoms with E-state index in [-0.39, 0.29) is 28.7 Å². The Labute approximate surface area is 197 Å². The molecule has 1 fully saturated rings. The highest BCUT2D eigenvalue weighted by molar-refractivity contribution is 6.30. The Morgan fingerprint density at radius 3 is 2.24 bits per heavy atom. The maximum atomic E-state index is 14.3. The molecule has 33 heavy (non-hydrogen) atoms. The largest absolute Gasteiger partial charge is 0.497 e. The number of carbonyl (C=O) groups is 1. The molecule has 1 atom stereocenters. The van der Waals surface area contributed by atoms with Crippen molar-refractivity contribution in [1.29, 1.82) is 0 Å². The van der Waals surface area contributed by atoms with Crippen LogP contribution in [0.1, 0.15) is 37.8 Å². The number of alkyl halides is 3. The molecule has 0 heterocycles. The summed E-state index contributed by atoms with van der Waals surface area (Å²) in [6.07, 6.45) is -2.88. The number of benzene rings is 2. The first-order chi connectivity index (χ1) is 15.7. The molecular weight excluding hydrogens is 455 g/mol. The minimum atomic E-state index is -4.86. The van der Waals surface area contributed by atoms with Gasteiger partial charge in [0.25, 0.3) is 5.60 Å². The predicted molar refractivity (Wildman–Crippen MR) is 123 cm³/mol. The van der Waals surface area contributed by atoms with Crippen LogP contribution in [0.3, 0.4) is 0 Å². The molecule has 178 valence electrons. The fourth-order valence-electron chi connectivity index (χ4n) is 3.15. The van der Waals surface area contributed by atoms with E-state index in [1.807, 2.05) is 13.8 Å². The lowest BCUT2D eigenvalue weighted by Gasteiger charge is -2.33. The van der Waals surface area contributed by atoms with Gasteiger partial charge in [0.1, 0.15) is 5.75 Å². The van der Waals surface area contributed by atoms with Crippen LogP contribution in [-0.2, 0) is 21.7 Å². The van der Waals surface area contributed by atoms with Gasteiger partial charge in [-0.1, -0.05) is 49.4 Å². The Balaban J connectivity index is 0.00000187. The molecule has 1 amide bonds. The monoisotopic (exact) mass is 481 g/mol. The zero-order valence-corrected chi connectivity index (χ0v) is 19.8. The third kappa shape index (κ3) is 6.21. The van der Waals surface area contributed by atoms with Gasteiger partial charge in [0, 0.05) is 23.6 Å². The van der Waals surface area contributed by atoms with Crippen molar-refractivity contribution in [3.63, 3.8) is 0 Å². The molecule has 1 saturated carbocycles. The Bertz CT molecular complexity index is 995. The summed E-state index contributed by atoms with van der Waals surface area (Å²) in [5.41, 5.74) is -2.53. The zero-order chi connectivity index (χ0) is 24.6. The van der Waals surface area contributed by atoms with Crippen molar-refractivity contribution in [2.75, 3.05) is 19.1 Å². The Morgan fingerprint density at radius 1 is 1.12 bits per heavy atom. The molecule has 1 unspecified atom stereocenters. The second-order valence-electron chi connectivity index (χ2n) is 7.17. The first-order valence-corrected chi connectivity index (χ1v) is 10.9. The molecule has 0 spiro atoms. The van der Waals surface area contributed by atoms with Gasteiger partial charge >= 0.3 is 6.18 Å². The number of hydrogen-bond acceptors (Lipinski definition) is 3. The Kier molecular flexibility index (Phi) is 9.21. The molecule has 0 aliphatic heterocycles. The third-order valence-electron chi connectivity index (χ3n) is 5.02. The summed E-state index contributed by atoms with van der Waals surface area (Å²) in [4.78, 5) is 13.1. The SMILES string of the molecule is CC.COc1ccc(CN(C=O)c2ccc(Cl)cc2C(C#CC2CC2)(OC)C(F)(F)F)cc1. The average molecular weight is 482 g/mol. The van der Waals surface area contributed by atoms with Crippen LogP contribution in [-0.4, -0.2) is 26.8 Å². The molecule has 2 aromatic carbocycles. The lowest BCUT2D eigenvalue weighted by atomic mass is 9.90. The van der Waals surface area contributed by atoms with E-state index in [1.165, 1.54) is 24.1 Å². The molecule has 8 heteroatoms. The first-order valence-electron chi connectivity index (χ1n) is 10.5. The average Bonchev–Trinajstić information content (AvgIpc) is 3.64. The van der Waals surface area contributed by atoms with Gasteiger partial charge in [0.2, 0.25) is 6.41 Å². The summed E-state index contributed by atoms with van der Waals surface area (Å²) in [5.74, 6) is 5.51. The minimum absolute atomic E-state index is 0.0134. The lowest BCUT2D eigenvalue weighted by Crippen LogP contribution is -2.44. The molecule has 0 bridgehead atoms. The smallest absolute Gasteiger partial charge is 0.433 e. The highest BCUT2D eigenvalue weighted by Gasteiger charge is 2.58. The molecule has 0 saturated heterocycles. The molecule has 1 aliphatic rings. The maximum absolute atomic E-state index is 14.3. The van der Waals surface area contributed by atoms with Crippen LogP contribution in [0.2, 0.25) is 5.02 Å². The standard InChI is InChI=1S/C23H21ClF3NO3.C2H6/c1-30-19-8-5-17(6-9-19)14-28(15-29)21-10-7-18(24)13-20(21)22(31-2,23(25,26)27)12-11-16-3-4-16;1-2/h5-10,13,15-16H,3-4,14H2,1-2H3;1-2H3. The molecular formula is C25H27ClF3NO3. The van der Waals surface area contributed by atoms with Gasteiger partial charge in [0.15, 0.2) is 0 Å². The van der Waals surface area contributed by atoms with E-state index in [2.05, 4.69) is 11.8 Å². The second-order valence-corrected chi connectivity index (χ2v) is 7.61. The van der Waals surface area contributed by atoms with Gasteiger partial charge in [-0.25, -0.2) is 0 Å². The van der Waals surface area contributed by atoms with Crippen molar-refractivity contribution in [3.05, 3.63) is 58.6 Å². The van der Waals surface area contributed by atoms with Gasteiger partial charge in [-0.3, -0.25) is 4.79 Å². The van der Waals surface area contributed by atoms with Crippen molar-refractivity contribution in [3.8, 4) is 17.6 Å². The van der Waals surface area contributed by atoms with Crippen LogP contribution < -0.4 is 9.64 Å². The summed E-state index contributed by atoms with van der Waals surface area (Å²) in [6, 6.07) is 10.8. The number of halogens is 4. The molecule has 0 radical (unpaired) electrons. The number of rotatable bonds is 7. The van der Waals surface area contributed by atoms with Crippen LogP contribution >= 0.6 is 11.6 Å². The third-order valence-corrected chi connectivity index (χ3v) is 5.26. The summed E-state index contributed by atoms with van der Waals surface area (Å²) < 4.78 is 53.1. The Hall–Kier alpha value is -2.69. The molecule has 2 aromatic rings. The quantitative estimate of drug-likeness (QED) is 0.341. The number of methoxy groups -OCH3 is 2.